The molecule has 2 saturated carbocycles. The third kappa shape index (κ3) is 3.89. The number of amides is 1. The van der Waals surface area contributed by atoms with Gasteiger partial charge in [0.2, 0.25) is 5.91 Å². The molecule has 5 atom stereocenters. The Hall–Kier alpha value is -3.00. The van der Waals surface area contributed by atoms with Crippen LogP contribution in [0.5, 0.6) is 11.5 Å². The van der Waals surface area contributed by atoms with Crippen molar-refractivity contribution in [2.75, 3.05) is 20.1 Å². The molecule has 1 N–H and O–H groups in total. The van der Waals surface area contributed by atoms with Gasteiger partial charge < -0.3 is 14.7 Å². The Bertz CT molecular complexity index is 1350. The maximum absolute atomic E-state index is 13.3. The standard InChI is InChI=1S/C31H33F3N2O3/c1-35(26(38)12-7-18-3-2-4-21(15-18)31(32,33)34)23-10-9-22-24-16-20-8-11-25(37)28-27(20)30(22,29(23)39-28)13-14-36(24)17-19-5-6-19/h2-4,7-8,11-12,15,19,22-24,29,37H,5-6,9-10,13-14,16-17H2,1H3/t22-,23+,24+,29-,30-/m0/s1. The van der Waals surface area contributed by atoms with Gasteiger partial charge in [-0.05, 0) is 92.3 Å². The van der Waals surface area contributed by atoms with E-state index in [-0.39, 0.29) is 29.2 Å². The van der Waals surface area contributed by atoms with Crippen LogP contribution in [-0.4, -0.2) is 59.1 Å². The Labute approximate surface area is 226 Å². The van der Waals surface area contributed by atoms with Crippen LogP contribution in [0.3, 0.4) is 0 Å². The Morgan fingerprint density at radius 2 is 2.03 bits per heavy atom. The molecule has 7 rings (SSSR count). The number of likely N-dealkylation sites (N-methyl/N-ethyl adjacent to an activating group) is 1. The number of aromatic hydroxyl groups is 1. The van der Waals surface area contributed by atoms with Crippen LogP contribution < -0.4 is 4.74 Å². The first kappa shape index (κ1) is 25.0. The summed E-state index contributed by atoms with van der Waals surface area (Å²) in [7, 11) is 1.76. The zero-order chi connectivity index (χ0) is 27.1. The van der Waals surface area contributed by atoms with E-state index in [1.54, 1.807) is 24.1 Å². The number of phenolic OH excluding ortho intramolecular Hbond substituents is 1. The average Bonchev–Trinajstić information content (AvgIpc) is 3.67. The molecule has 3 fully saturated rings. The van der Waals surface area contributed by atoms with Crippen molar-refractivity contribution in [2.45, 2.75) is 68.3 Å². The number of halogens is 3. The fourth-order valence-corrected chi connectivity index (χ4v) is 8.12. The van der Waals surface area contributed by atoms with E-state index in [1.807, 2.05) is 0 Å². The lowest BCUT2D eigenvalue weighted by atomic mass is 9.51. The molecule has 2 aliphatic heterocycles. The van der Waals surface area contributed by atoms with Gasteiger partial charge in [0.25, 0.3) is 0 Å². The first-order chi connectivity index (χ1) is 18.7. The van der Waals surface area contributed by atoms with Crippen molar-refractivity contribution < 1.29 is 27.8 Å². The van der Waals surface area contributed by atoms with E-state index in [2.05, 4.69) is 11.0 Å². The molecule has 2 aromatic rings. The van der Waals surface area contributed by atoms with Crippen LogP contribution in [0.25, 0.3) is 6.08 Å². The van der Waals surface area contributed by atoms with Crippen molar-refractivity contribution in [1.82, 2.24) is 9.80 Å². The lowest BCUT2D eigenvalue weighted by molar-refractivity contribution is -0.137. The number of phenols is 1. The SMILES string of the molecule is CN(C(=O)C=Cc1cccc(C(F)(F)F)c1)[C@@H]1CC[C@H]2[C@H]3Cc4ccc(O)c5c4[C@@]2(CCN3CC2CC2)[C@H]1O5. The number of rotatable bonds is 5. The van der Waals surface area contributed by atoms with E-state index in [9.17, 15) is 23.1 Å². The molecular weight excluding hydrogens is 505 g/mol. The summed E-state index contributed by atoms with van der Waals surface area (Å²) in [6.07, 6.45) is 4.41. The Balaban J connectivity index is 1.18. The van der Waals surface area contributed by atoms with E-state index in [0.29, 0.717) is 23.3 Å². The van der Waals surface area contributed by atoms with Crippen molar-refractivity contribution in [1.29, 1.82) is 0 Å². The summed E-state index contributed by atoms with van der Waals surface area (Å²) in [4.78, 5) is 17.7. The average molecular weight is 539 g/mol. The lowest BCUT2D eigenvalue weighted by Crippen LogP contribution is -2.69. The van der Waals surface area contributed by atoms with E-state index < -0.39 is 11.7 Å². The molecule has 206 valence electrons. The quantitative estimate of drug-likeness (QED) is 0.518. The fourth-order valence-electron chi connectivity index (χ4n) is 8.12. The van der Waals surface area contributed by atoms with Crippen LogP contribution in [-0.2, 0) is 22.8 Å². The Morgan fingerprint density at radius 3 is 2.79 bits per heavy atom. The number of piperidine rings is 1. The number of carbonyl (C=O) groups excluding carboxylic acids is 1. The third-order valence-electron chi connectivity index (χ3n) is 10.1. The molecule has 1 saturated heterocycles. The summed E-state index contributed by atoms with van der Waals surface area (Å²) in [5.74, 6) is 1.70. The Kier molecular flexibility index (Phi) is 5.61. The van der Waals surface area contributed by atoms with Crippen molar-refractivity contribution in [2.24, 2.45) is 11.8 Å². The van der Waals surface area contributed by atoms with Gasteiger partial charge in [0.1, 0.15) is 6.10 Å². The normalized spacial score (nSPS) is 31.2. The zero-order valence-corrected chi connectivity index (χ0v) is 22.0. The fraction of sp³-hybridized carbons (Fsp3) is 0.516. The summed E-state index contributed by atoms with van der Waals surface area (Å²) in [5.41, 5.74) is 1.76. The van der Waals surface area contributed by atoms with Crippen LogP contribution >= 0.6 is 0 Å². The molecule has 3 aliphatic carbocycles. The van der Waals surface area contributed by atoms with Crippen molar-refractivity contribution in [3.05, 3.63) is 64.7 Å². The first-order valence-corrected chi connectivity index (χ1v) is 14.0. The summed E-state index contributed by atoms with van der Waals surface area (Å²) in [5, 5.41) is 10.8. The maximum atomic E-state index is 13.3. The van der Waals surface area contributed by atoms with Gasteiger partial charge in [-0.1, -0.05) is 18.2 Å². The van der Waals surface area contributed by atoms with Crippen LogP contribution in [0.15, 0.2) is 42.5 Å². The topological polar surface area (TPSA) is 53.0 Å². The predicted molar refractivity (Wildman–Crippen MR) is 140 cm³/mol. The highest BCUT2D eigenvalue weighted by Gasteiger charge is 2.66. The molecule has 0 aromatic heterocycles. The van der Waals surface area contributed by atoms with Gasteiger partial charge >= 0.3 is 6.18 Å². The zero-order valence-electron chi connectivity index (χ0n) is 22.0. The summed E-state index contributed by atoms with van der Waals surface area (Å²) >= 11 is 0. The summed E-state index contributed by atoms with van der Waals surface area (Å²) < 4.78 is 46.0. The minimum atomic E-state index is -4.44. The predicted octanol–water partition coefficient (Wildman–Crippen LogP) is 5.40. The smallest absolute Gasteiger partial charge is 0.416 e. The molecule has 8 heteroatoms. The minimum absolute atomic E-state index is 0.160. The molecule has 1 amide bonds. The first-order valence-electron chi connectivity index (χ1n) is 14.0. The van der Waals surface area contributed by atoms with E-state index >= 15 is 0 Å². The highest BCUT2D eigenvalue weighted by atomic mass is 19.4. The molecule has 2 bridgehead atoms. The molecule has 5 aliphatic rings. The molecule has 39 heavy (non-hydrogen) atoms. The largest absolute Gasteiger partial charge is 0.504 e. The number of carbonyl (C=O) groups is 1. The number of hydrogen-bond acceptors (Lipinski definition) is 4. The number of ether oxygens (including phenoxy) is 1. The van der Waals surface area contributed by atoms with Crippen molar-refractivity contribution >= 4 is 12.0 Å². The maximum Gasteiger partial charge on any atom is 0.416 e. The summed E-state index contributed by atoms with van der Waals surface area (Å²) in [6.45, 7) is 2.15. The molecular formula is C31H33F3N2O3. The number of benzene rings is 2. The van der Waals surface area contributed by atoms with Crippen molar-refractivity contribution in [3.63, 3.8) is 0 Å². The van der Waals surface area contributed by atoms with Crippen LogP contribution in [0.1, 0.15) is 54.4 Å². The molecule has 5 nitrogen and oxygen atoms in total. The number of nitrogens with zero attached hydrogens (tertiary/aromatic N) is 2. The van der Waals surface area contributed by atoms with E-state index in [4.69, 9.17) is 4.74 Å². The second-order valence-electron chi connectivity index (χ2n) is 12.1. The van der Waals surface area contributed by atoms with E-state index in [1.165, 1.54) is 36.6 Å². The van der Waals surface area contributed by atoms with Gasteiger partial charge in [-0.3, -0.25) is 9.69 Å². The highest BCUT2D eigenvalue weighted by Crippen LogP contribution is 2.64. The second-order valence-corrected chi connectivity index (χ2v) is 12.1. The minimum Gasteiger partial charge on any atom is -0.504 e. The molecule has 2 heterocycles. The van der Waals surface area contributed by atoms with Crippen LogP contribution in [0.4, 0.5) is 13.2 Å². The summed E-state index contributed by atoms with van der Waals surface area (Å²) in [6, 6.07) is 9.01. The molecule has 0 unspecified atom stereocenters. The molecule has 2 aromatic carbocycles. The van der Waals surface area contributed by atoms with Crippen LogP contribution in [0, 0.1) is 11.8 Å². The van der Waals surface area contributed by atoms with Gasteiger partial charge in [-0.15, -0.1) is 0 Å². The number of hydrogen-bond donors (Lipinski definition) is 1. The van der Waals surface area contributed by atoms with Gasteiger partial charge in [-0.25, -0.2) is 0 Å². The van der Waals surface area contributed by atoms with E-state index in [0.717, 1.165) is 62.4 Å². The van der Waals surface area contributed by atoms with Gasteiger partial charge in [-0.2, -0.15) is 13.2 Å². The number of likely N-dealkylation sites (tertiary alicyclic amines) is 1. The van der Waals surface area contributed by atoms with Gasteiger partial charge in [0, 0.05) is 36.7 Å². The van der Waals surface area contributed by atoms with Crippen LogP contribution in [0.2, 0.25) is 0 Å². The molecule has 0 radical (unpaired) electrons. The van der Waals surface area contributed by atoms with Gasteiger partial charge in [0.15, 0.2) is 11.5 Å². The Morgan fingerprint density at radius 1 is 1.21 bits per heavy atom. The highest BCUT2D eigenvalue weighted by molar-refractivity contribution is 5.92. The monoisotopic (exact) mass is 538 g/mol. The third-order valence-corrected chi connectivity index (χ3v) is 10.1. The molecule has 1 spiro atoms. The lowest BCUT2D eigenvalue weighted by Gasteiger charge is -2.60. The van der Waals surface area contributed by atoms with Gasteiger partial charge in [0.05, 0.1) is 11.6 Å². The second kappa shape index (κ2) is 8.75. The van der Waals surface area contributed by atoms with Crippen molar-refractivity contribution in [3.8, 4) is 11.5 Å². The number of alkyl halides is 3.